The van der Waals surface area contributed by atoms with Crippen LogP contribution in [0, 0.1) is 0 Å². The summed E-state index contributed by atoms with van der Waals surface area (Å²) in [5.74, 6) is -1.88. The number of carboxylic acid groups (broad SMARTS) is 1. The third-order valence-corrected chi connectivity index (χ3v) is 2.09. The van der Waals surface area contributed by atoms with E-state index in [1.807, 2.05) is 0 Å². The average Bonchev–Trinajstić information content (AvgIpc) is 2.26. The lowest BCUT2D eigenvalue weighted by atomic mass is 10.0. The third-order valence-electron chi connectivity index (χ3n) is 2.09. The first-order valence-electron chi connectivity index (χ1n) is 4.45. The zero-order valence-corrected chi connectivity index (χ0v) is 8.28. The lowest BCUT2D eigenvalue weighted by Gasteiger charge is -2.13. The molecule has 3 nitrogen and oxygen atoms in total. The van der Waals surface area contributed by atoms with Gasteiger partial charge in [-0.15, -0.1) is 0 Å². The largest absolute Gasteiger partial charge is 0.479 e. The van der Waals surface area contributed by atoms with Gasteiger partial charge in [0, 0.05) is 0 Å². The molecule has 0 amide bonds. The molecule has 0 spiro atoms. The summed E-state index contributed by atoms with van der Waals surface area (Å²) in [5, 5.41) is 17.5. The number of carboxylic acids is 1. The van der Waals surface area contributed by atoms with Gasteiger partial charge >= 0.3 is 12.1 Å². The zero-order chi connectivity index (χ0) is 13.2. The van der Waals surface area contributed by atoms with Crippen LogP contribution in [-0.4, -0.2) is 22.4 Å². The Morgan fingerprint density at radius 2 is 1.65 bits per heavy atom. The van der Waals surface area contributed by atoms with Crippen molar-refractivity contribution in [2.45, 2.75) is 18.5 Å². The number of hydrogen-bond donors (Lipinski definition) is 2. The smallest absolute Gasteiger partial charge is 0.416 e. The molecule has 1 aromatic carbocycles. The number of benzene rings is 1. The van der Waals surface area contributed by atoms with Crippen LogP contribution in [0.4, 0.5) is 17.6 Å². The van der Waals surface area contributed by atoms with E-state index in [1.54, 1.807) is 0 Å². The van der Waals surface area contributed by atoms with Crippen LogP contribution in [0.15, 0.2) is 24.3 Å². The van der Waals surface area contributed by atoms with Crippen LogP contribution in [0.2, 0.25) is 0 Å². The summed E-state index contributed by atoms with van der Waals surface area (Å²) in [6.45, 7) is 0. The quantitative estimate of drug-likeness (QED) is 0.810. The van der Waals surface area contributed by atoms with E-state index < -0.39 is 30.0 Å². The van der Waals surface area contributed by atoms with Crippen molar-refractivity contribution in [1.82, 2.24) is 0 Å². The molecule has 0 heterocycles. The van der Waals surface area contributed by atoms with Crippen LogP contribution in [0.1, 0.15) is 17.2 Å². The SMILES string of the molecule is O=C(O)C(F)C(O)c1ccc(C(F)(F)F)cc1. The van der Waals surface area contributed by atoms with Crippen molar-refractivity contribution in [2.24, 2.45) is 0 Å². The summed E-state index contributed by atoms with van der Waals surface area (Å²) in [4.78, 5) is 10.2. The molecule has 2 N–H and O–H groups in total. The van der Waals surface area contributed by atoms with Crippen LogP contribution < -0.4 is 0 Å². The first kappa shape index (κ1) is 13.4. The maximum Gasteiger partial charge on any atom is 0.416 e. The van der Waals surface area contributed by atoms with Gasteiger partial charge < -0.3 is 10.2 Å². The third kappa shape index (κ3) is 3.16. The predicted octanol–water partition coefficient (Wildman–Crippen LogP) is 2.16. The van der Waals surface area contributed by atoms with Crippen molar-refractivity contribution >= 4 is 5.97 Å². The van der Waals surface area contributed by atoms with E-state index in [0.717, 1.165) is 12.1 Å². The normalized spacial score (nSPS) is 15.4. The molecule has 0 aliphatic heterocycles. The monoisotopic (exact) mass is 252 g/mol. The van der Waals surface area contributed by atoms with Gasteiger partial charge in [-0.05, 0) is 17.7 Å². The van der Waals surface area contributed by atoms with E-state index >= 15 is 0 Å². The van der Waals surface area contributed by atoms with Gasteiger partial charge in [-0.2, -0.15) is 13.2 Å². The summed E-state index contributed by atoms with van der Waals surface area (Å²) in [6.07, 6.45) is -9.10. The number of hydrogen-bond acceptors (Lipinski definition) is 2. The molecule has 0 bridgehead atoms. The standard InChI is InChI=1S/C10H8F4O3/c11-7(9(16)17)8(15)5-1-3-6(4-2-5)10(12,13)14/h1-4,7-8,15H,(H,16,17). The first-order chi connectivity index (χ1) is 7.73. The van der Waals surface area contributed by atoms with Crippen LogP contribution >= 0.6 is 0 Å². The summed E-state index contributed by atoms with van der Waals surface area (Å²) >= 11 is 0. The molecule has 1 aromatic rings. The van der Waals surface area contributed by atoms with E-state index in [0.29, 0.717) is 12.1 Å². The number of aliphatic carboxylic acids is 1. The molecule has 94 valence electrons. The molecule has 0 saturated heterocycles. The molecule has 17 heavy (non-hydrogen) atoms. The highest BCUT2D eigenvalue weighted by Gasteiger charge is 2.31. The van der Waals surface area contributed by atoms with Crippen LogP contribution in [-0.2, 0) is 11.0 Å². The van der Waals surface area contributed by atoms with Gasteiger partial charge in [0.05, 0.1) is 5.56 Å². The van der Waals surface area contributed by atoms with Gasteiger partial charge in [0.25, 0.3) is 0 Å². The molecule has 0 saturated carbocycles. The molecule has 7 heteroatoms. The molecule has 0 fully saturated rings. The molecular weight excluding hydrogens is 244 g/mol. The van der Waals surface area contributed by atoms with Crippen molar-refractivity contribution in [1.29, 1.82) is 0 Å². The van der Waals surface area contributed by atoms with Gasteiger partial charge in [-0.25, -0.2) is 9.18 Å². The topological polar surface area (TPSA) is 57.5 Å². The fourth-order valence-electron chi connectivity index (χ4n) is 1.17. The molecule has 0 radical (unpaired) electrons. The van der Waals surface area contributed by atoms with Gasteiger partial charge in [0.15, 0.2) is 0 Å². The molecular formula is C10H8F4O3. The van der Waals surface area contributed by atoms with Gasteiger partial charge in [-0.1, -0.05) is 12.1 Å². The van der Waals surface area contributed by atoms with E-state index in [9.17, 15) is 27.5 Å². The van der Waals surface area contributed by atoms with E-state index in [4.69, 9.17) is 5.11 Å². The van der Waals surface area contributed by atoms with Crippen LogP contribution in [0.5, 0.6) is 0 Å². The highest BCUT2D eigenvalue weighted by Crippen LogP contribution is 2.30. The van der Waals surface area contributed by atoms with Crippen LogP contribution in [0.25, 0.3) is 0 Å². The molecule has 1 rings (SSSR count). The minimum absolute atomic E-state index is 0.229. The first-order valence-corrected chi connectivity index (χ1v) is 4.45. The maximum atomic E-state index is 12.9. The number of halogens is 4. The molecule has 0 aliphatic carbocycles. The minimum Gasteiger partial charge on any atom is -0.479 e. The Bertz CT molecular complexity index is 399. The Kier molecular flexibility index (Phi) is 3.72. The van der Waals surface area contributed by atoms with Gasteiger partial charge in [0.2, 0.25) is 6.17 Å². The summed E-state index contributed by atoms with van der Waals surface area (Å²) < 4.78 is 49.4. The summed E-state index contributed by atoms with van der Waals surface area (Å²) in [7, 11) is 0. The second-order valence-electron chi connectivity index (χ2n) is 3.30. The molecule has 0 aromatic heterocycles. The summed E-state index contributed by atoms with van der Waals surface area (Å²) in [5.41, 5.74) is -1.19. The van der Waals surface area contributed by atoms with Crippen LogP contribution in [0.3, 0.4) is 0 Å². The van der Waals surface area contributed by atoms with Crippen molar-refractivity contribution in [3.63, 3.8) is 0 Å². The van der Waals surface area contributed by atoms with Crippen molar-refractivity contribution in [2.75, 3.05) is 0 Å². The Morgan fingerprint density at radius 3 is 2.00 bits per heavy atom. The average molecular weight is 252 g/mol. The van der Waals surface area contributed by atoms with E-state index in [2.05, 4.69) is 0 Å². The van der Waals surface area contributed by atoms with Crippen molar-refractivity contribution in [3.8, 4) is 0 Å². The number of rotatable bonds is 3. The Balaban J connectivity index is 2.92. The van der Waals surface area contributed by atoms with Gasteiger partial charge in [-0.3, -0.25) is 0 Å². The summed E-state index contributed by atoms with van der Waals surface area (Å²) in [6, 6.07) is 2.96. The number of carbonyl (C=O) groups is 1. The maximum absolute atomic E-state index is 12.9. The fraction of sp³-hybridized carbons (Fsp3) is 0.300. The van der Waals surface area contributed by atoms with Crippen molar-refractivity contribution in [3.05, 3.63) is 35.4 Å². The van der Waals surface area contributed by atoms with E-state index in [1.165, 1.54) is 0 Å². The Hall–Kier alpha value is -1.63. The molecule has 2 unspecified atom stereocenters. The number of aliphatic hydroxyl groups is 1. The van der Waals surface area contributed by atoms with Crippen molar-refractivity contribution < 1.29 is 32.6 Å². The van der Waals surface area contributed by atoms with Gasteiger partial charge in [0.1, 0.15) is 6.10 Å². The minimum atomic E-state index is -4.54. The fourth-order valence-corrected chi connectivity index (χ4v) is 1.17. The highest BCUT2D eigenvalue weighted by molar-refractivity contribution is 5.73. The lowest BCUT2D eigenvalue weighted by molar-refractivity contribution is -0.147. The number of aliphatic hydroxyl groups excluding tert-OH is 1. The Morgan fingerprint density at radius 1 is 1.18 bits per heavy atom. The lowest BCUT2D eigenvalue weighted by Crippen LogP contribution is -2.23. The number of alkyl halides is 4. The molecule has 2 atom stereocenters. The predicted molar refractivity (Wildman–Crippen MR) is 48.9 cm³/mol. The highest BCUT2D eigenvalue weighted by atomic mass is 19.4. The second kappa shape index (κ2) is 4.70. The van der Waals surface area contributed by atoms with E-state index in [-0.39, 0.29) is 5.56 Å². The Labute approximate surface area is 93.3 Å². The second-order valence-corrected chi connectivity index (χ2v) is 3.30. The zero-order valence-electron chi connectivity index (χ0n) is 8.28. The molecule has 0 aliphatic rings.